The van der Waals surface area contributed by atoms with E-state index in [9.17, 15) is 0 Å². The Morgan fingerprint density at radius 2 is 2.25 bits per heavy atom. The molecule has 0 bridgehead atoms. The number of hydrogen-bond acceptors (Lipinski definition) is 2. The first-order chi connectivity index (χ1) is 5.88. The van der Waals surface area contributed by atoms with Crippen molar-refractivity contribution in [1.82, 2.24) is 0 Å². The molecule has 0 atom stereocenters. The van der Waals surface area contributed by atoms with Crippen molar-refractivity contribution in [3.8, 4) is 6.07 Å². The van der Waals surface area contributed by atoms with Crippen LogP contribution in [0.2, 0.25) is 0 Å². The van der Waals surface area contributed by atoms with Crippen LogP contribution in [0.4, 0.5) is 5.69 Å². The Kier molecular flexibility index (Phi) is 3.04. The zero-order chi connectivity index (χ0) is 8.81. The minimum Gasteiger partial charge on any atom is -0.260 e. The summed E-state index contributed by atoms with van der Waals surface area (Å²) in [5.74, 6) is 0. The van der Waals surface area contributed by atoms with Gasteiger partial charge in [0.25, 0.3) is 0 Å². The smallest absolute Gasteiger partial charge is 0.101 e. The summed E-state index contributed by atoms with van der Waals surface area (Å²) in [7, 11) is 0. The summed E-state index contributed by atoms with van der Waals surface area (Å²) in [5, 5.41) is 8.69. The Bertz CT molecular complexity index is 321. The van der Waals surface area contributed by atoms with Crippen LogP contribution < -0.4 is 0 Å². The molecule has 2 nitrogen and oxygen atoms in total. The second-order valence-corrected chi connectivity index (χ2v) is 2.35. The highest BCUT2D eigenvalue weighted by Gasteiger charge is 1.95. The number of rotatable bonds is 2. The first-order valence-electron chi connectivity index (χ1n) is 3.90. The van der Waals surface area contributed by atoms with Gasteiger partial charge in [-0.15, -0.1) is 0 Å². The van der Waals surface area contributed by atoms with E-state index in [1.165, 1.54) is 0 Å². The molecule has 0 N–H and O–H groups in total. The van der Waals surface area contributed by atoms with Crippen molar-refractivity contribution in [2.75, 3.05) is 0 Å². The van der Waals surface area contributed by atoms with Gasteiger partial charge in [-0.25, -0.2) is 0 Å². The van der Waals surface area contributed by atoms with Crippen LogP contribution in [0.3, 0.4) is 0 Å². The van der Waals surface area contributed by atoms with Gasteiger partial charge in [-0.3, -0.25) is 4.99 Å². The minimum absolute atomic E-state index is 0.627. The normalized spacial score (nSPS) is 10.0. The zero-order valence-electron chi connectivity index (χ0n) is 6.99. The molecule has 2 heteroatoms. The molecule has 1 rings (SSSR count). The fourth-order valence-electron chi connectivity index (χ4n) is 0.870. The summed E-state index contributed by atoms with van der Waals surface area (Å²) in [6.45, 7) is 2.01. The van der Waals surface area contributed by atoms with Gasteiger partial charge in [0.2, 0.25) is 0 Å². The lowest BCUT2D eigenvalue weighted by molar-refractivity contribution is 1.31. The summed E-state index contributed by atoms with van der Waals surface area (Å²) < 4.78 is 0. The van der Waals surface area contributed by atoms with Crippen LogP contribution in [0.25, 0.3) is 0 Å². The Morgan fingerprint density at radius 1 is 1.50 bits per heavy atom. The summed E-state index contributed by atoms with van der Waals surface area (Å²) in [6, 6.07) is 9.41. The van der Waals surface area contributed by atoms with Crippen LogP contribution in [0.5, 0.6) is 0 Å². The molecule has 12 heavy (non-hydrogen) atoms. The molecule has 1 aromatic rings. The zero-order valence-corrected chi connectivity index (χ0v) is 6.99. The molecule has 0 spiro atoms. The van der Waals surface area contributed by atoms with E-state index in [4.69, 9.17) is 5.26 Å². The Labute approximate surface area is 72.2 Å². The molecule has 0 aliphatic carbocycles. The van der Waals surface area contributed by atoms with Gasteiger partial charge >= 0.3 is 0 Å². The van der Waals surface area contributed by atoms with Gasteiger partial charge in [0.15, 0.2) is 0 Å². The number of nitriles is 1. The number of nitrogens with zero attached hydrogens (tertiary/aromatic N) is 2. The highest BCUT2D eigenvalue weighted by atomic mass is 14.7. The minimum atomic E-state index is 0.627. The standard InChI is InChI=1S/C10H10N2/c1-2-7-12-10-6-4-3-5-9(10)8-11/h3-7H,2H2,1H3/b12-7+. The van der Waals surface area contributed by atoms with E-state index in [1.54, 1.807) is 12.3 Å². The molecule has 0 radical (unpaired) electrons. The molecule has 0 unspecified atom stereocenters. The molecule has 0 saturated carbocycles. The molecular weight excluding hydrogens is 148 g/mol. The van der Waals surface area contributed by atoms with Gasteiger partial charge in [0, 0.05) is 6.21 Å². The van der Waals surface area contributed by atoms with Crippen molar-refractivity contribution < 1.29 is 0 Å². The Hall–Kier alpha value is -1.62. The molecule has 0 saturated heterocycles. The van der Waals surface area contributed by atoms with Crippen LogP contribution in [-0.4, -0.2) is 6.21 Å². The third-order valence-electron chi connectivity index (χ3n) is 1.44. The maximum Gasteiger partial charge on any atom is 0.101 e. The van der Waals surface area contributed by atoms with Gasteiger partial charge in [0.05, 0.1) is 11.3 Å². The fraction of sp³-hybridized carbons (Fsp3) is 0.200. The van der Waals surface area contributed by atoms with Crippen LogP contribution in [0, 0.1) is 11.3 Å². The summed E-state index contributed by atoms with van der Waals surface area (Å²) in [5.41, 5.74) is 1.38. The predicted octanol–water partition coefficient (Wildman–Crippen LogP) is 2.67. The molecule has 60 valence electrons. The molecule has 0 aromatic heterocycles. The van der Waals surface area contributed by atoms with Crippen LogP contribution in [0.15, 0.2) is 29.3 Å². The average Bonchev–Trinajstić information content (AvgIpc) is 2.15. The maximum absolute atomic E-state index is 8.69. The second-order valence-electron chi connectivity index (χ2n) is 2.35. The lowest BCUT2D eigenvalue weighted by Crippen LogP contribution is -1.75. The van der Waals surface area contributed by atoms with Gasteiger partial charge < -0.3 is 0 Å². The lowest BCUT2D eigenvalue weighted by atomic mass is 10.2. The van der Waals surface area contributed by atoms with Crippen molar-refractivity contribution in [2.24, 2.45) is 4.99 Å². The Balaban J connectivity index is 2.99. The summed E-state index contributed by atoms with van der Waals surface area (Å²) in [4.78, 5) is 4.15. The first-order valence-corrected chi connectivity index (χ1v) is 3.90. The fourth-order valence-corrected chi connectivity index (χ4v) is 0.870. The second kappa shape index (κ2) is 4.30. The average molecular weight is 158 g/mol. The van der Waals surface area contributed by atoms with Gasteiger partial charge in [0.1, 0.15) is 6.07 Å². The molecule has 0 aliphatic rings. The predicted molar refractivity (Wildman–Crippen MR) is 49.6 cm³/mol. The molecule has 0 fully saturated rings. The topological polar surface area (TPSA) is 36.1 Å². The maximum atomic E-state index is 8.69. The van der Waals surface area contributed by atoms with Crippen molar-refractivity contribution in [1.29, 1.82) is 5.26 Å². The van der Waals surface area contributed by atoms with Crippen molar-refractivity contribution in [2.45, 2.75) is 13.3 Å². The monoisotopic (exact) mass is 158 g/mol. The molecule has 0 amide bonds. The summed E-state index contributed by atoms with van der Waals surface area (Å²) >= 11 is 0. The quantitative estimate of drug-likeness (QED) is 0.609. The lowest BCUT2D eigenvalue weighted by Gasteiger charge is -1.94. The summed E-state index contributed by atoms with van der Waals surface area (Å²) in [6.07, 6.45) is 2.69. The van der Waals surface area contributed by atoms with E-state index in [2.05, 4.69) is 11.1 Å². The van der Waals surface area contributed by atoms with E-state index in [0.717, 1.165) is 12.1 Å². The number of para-hydroxylation sites is 1. The van der Waals surface area contributed by atoms with E-state index in [-0.39, 0.29) is 0 Å². The molecular formula is C10H10N2. The van der Waals surface area contributed by atoms with E-state index in [1.807, 2.05) is 25.1 Å². The highest BCUT2D eigenvalue weighted by molar-refractivity contribution is 5.66. The number of hydrogen-bond donors (Lipinski definition) is 0. The van der Waals surface area contributed by atoms with Crippen LogP contribution in [0.1, 0.15) is 18.9 Å². The van der Waals surface area contributed by atoms with Crippen LogP contribution >= 0.6 is 0 Å². The van der Waals surface area contributed by atoms with Gasteiger partial charge in [-0.1, -0.05) is 19.1 Å². The highest BCUT2D eigenvalue weighted by Crippen LogP contribution is 2.16. The number of benzene rings is 1. The van der Waals surface area contributed by atoms with Crippen molar-refractivity contribution in [3.05, 3.63) is 29.8 Å². The number of aliphatic imine (C=N–C) groups is 1. The molecule has 1 aromatic carbocycles. The van der Waals surface area contributed by atoms with E-state index in [0.29, 0.717) is 5.56 Å². The van der Waals surface area contributed by atoms with Crippen LogP contribution in [-0.2, 0) is 0 Å². The third-order valence-corrected chi connectivity index (χ3v) is 1.44. The first kappa shape index (κ1) is 8.48. The van der Waals surface area contributed by atoms with Gasteiger partial charge in [-0.2, -0.15) is 5.26 Å². The van der Waals surface area contributed by atoms with Crippen molar-refractivity contribution >= 4 is 11.9 Å². The van der Waals surface area contributed by atoms with E-state index < -0.39 is 0 Å². The molecule has 0 aliphatic heterocycles. The largest absolute Gasteiger partial charge is 0.260 e. The Morgan fingerprint density at radius 3 is 2.92 bits per heavy atom. The SMILES string of the molecule is CC/C=N/c1ccccc1C#N. The third kappa shape index (κ3) is 1.93. The van der Waals surface area contributed by atoms with Gasteiger partial charge in [-0.05, 0) is 18.6 Å². The van der Waals surface area contributed by atoms with E-state index >= 15 is 0 Å². The van der Waals surface area contributed by atoms with Crippen molar-refractivity contribution in [3.63, 3.8) is 0 Å². The molecule has 0 heterocycles.